The lowest BCUT2D eigenvalue weighted by molar-refractivity contribution is 0.00709. The molecule has 5 nitrogen and oxygen atoms in total. The Morgan fingerprint density at radius 3 is 2.39 bits per heavy atom. The van der Waals surface area contributed by atoms with Crippen LogP contribution in [0, 0.1) is 5.41 Å². The van der Waals surface area contributed by atoms with Crippen LogP contribution in [0.15, 0.2) is 4.99 Å². The zero-order valence-corrected chi connectivity index (χ0v) is 16.9. The van der Waals surface area contributed by atoms with Crippen molar-refractivity contribution in [2.75, 3.05) is 19.6 Å². The molecule has 0 saturated heterocycles. The Balaban J connectivity index is 0.00000264. The molecule has 23 heavy (non-hydrogen) atoms. The van der Waals surface area contributed by atoms with Gasteiger partial charge in [-0.2, -0.15) is 0 Å². The summed E-state index contributed by atoms with van der Waals surface area (Å²) in [5, 5.41) is 27.2. The molecule has 0 bridgehead atoms. The topological polar surface area (TPSA) is 76.9 Å². The van der Waals surface area contributed by atoms with Gasteiger partial charge in [-0.15, -0.1) is 24.0 Å². The first-order valence-corrected chi connectivity index (χ1v) is 8.90. The standard InChI is InChI=1S/C17H33N3O2.HI/c1-3-18-15(20-13-17(22)10-6-7-11-17)19-12-16(2)9-5-4-8-14(16)21;/h14,21-22H,3-13H2,1-2H3,(H2,18,19,20);1H. The van der Waals surface area contributed by atoms with Gasteiger partial charge < -0.3 is 20.8 Å². The second-order valence-corrected chi connectivity index (χ2v) is 7.40. The van der Waals surface area contributed by atoms with Crippen molar-refractivity contribution in [2.24, 2.45) is 10.4 Å². The summed E-state index contributed by atoms with van der Waals surface area (Å²) in [6.45, 7) is 6.15. The Morgan fingerprint density at radius 1 is 1.13 bits per heavy atom. The highest BCUT2D eigenvalue weighted by Crippen LogP contribution is 2.36. The molecule has 2 atom stereocenters. The maximum atomic E-state index is 10.4. The van der Waals surface area contributed by atoms with Crippen molar-refractivity contribution in [2.45, 2.75) is 76.9 Å². The normalized spacial score (nSPS) is 30.6. The summed E-state index contributed by atoms with van der Waals surface area (Å²) in [6, 6.07) is 0. The summed E-state index contributed by atoms with van der Waals surface area (Å²) in [7, 11) is 0. The second kappa shape index (κ2) is 9.42. The molecule has 2 fully saturated rings. The zero-order valence-electron chi connectivity index (χ0n) is 14.6. The van der Waals surface area contributed by atoms with Crippen molar-refractivity contribution in [3.63, 3.8) is 0 Å². The Hall–Kier alpha value is -0.0800. The molecule has 0 radical (unpaired) electrons. The molecule has 2 aliphatic carbocycles. The van der Waals surface area contributed by atoms with Crippen molar-refractivity contribution in [1.82, 2.24) is 10.6 Å². The molecule has 0 amide bonds. The van der Waals surface area contributed by atoms with E-state index in [0.717, 1.165) is 57.5 Å². The van der Waals surface area contributed by atoms with E-state index in [-0.39, 0.29) is 35.5 Å². The second-order valence-electron chi connectivity index (χ2n) is 7.40. The fourth-order valence-corrected chi connectivity index (χ4v) is 3.63. The number of rotatable bonds is 5. The van der Waals surface area contributed by atoms with E-state index in [4.69, 9.17) is 0 Å². The third-order valence-corrected chi connectivity index (χ3v) is 5.34. The van der Waals surface area contributed by atoms with Crippen LogP contribution in [0.4, 0.5) is 0 Å². The van der Waals surface area contributed by atoms with Crippen LogP contribution in [0.3, 0.4) is 0 Å². The van der Waals surface area contributed by atoms with Crippen molar-refractivity contribution in [3.8, 4) is 0 Å². The molecule has 0 aromatic rings. The molecular formula is C17H34IN3O2. The van der Waals surface area contributed by atoms with E-state index in [2.05, 4.69) is 22.5 Å². The molecule has 2 saturated carbocycles. The molecule has 2 aliphatic rings. The molecule has 0 aromatic heterocycles. The van der Waals surface area contributed by atoms with Crippen molar-refractivity contribution in [3.05, 3.63) is 0 Å². The summed E-state index contributed by atoms with van der Waals surface area (Å²) in [4.78, 5) is 4.67. The predicted molar refractivity (Wildman–Crippen MR) is 105 cm³/mol. The Kier molecular flexibility index (Phi) is 8.58. The zero-order chi connectivity index (χ0) is 16.1. The molecule has 2 unspecified atom stereocenters. The fourth-order valence-electron chi connectivity index (χ4n) is 3.63. The number of hydrogen-bond donors (Lipinski definition) is 4. The molecule has 136 valence electrons. The van der Waals surface area contributed by atoms with Crippen molar-refractivity contribution < 1.29 is 10.2 Å². The first-order chi connectivity index (χ1) is 10.5. The van der Waals surface area contributed by atoms with Gasteiger partial charge in [0.15, 0.2) is 5.96 Å². The minimum atomic E-state index is -0.579. The molecule has 0 heterocycles. The van der Waals surface area contributed by atoms with Gasteiger partial charge in [-0.25, -0.2) is 0 Å². The molecular weight excluding hydrogens is 405 g/mol. The van der Waals surface area contributed by atoms with Gasteiger partial charge >= 0.3 is 0 Å². The third-order valence-electron chi connectivity index (χ3n) is 5.34. The smallest absolute Gasteiger partial charge is 0.191 e. The lowest BCUT2D eigenvalue weighted by atomic mass is 9.73. The summed E-state index contributed by atoms with van der Waals surface area (Å²) in [5.74, 6) is 0.752. The highest BCUT2D eigenvalue weighted by molar-refractivity contribution is 14.0. The van der Waals surface area contributed by atoms with E-state index in [9.17, 15) is 10.2 Å². The lowest BCUT2D eigenvalue weighted by Gasteiger charge is -2.37. The van der Waals surface area contributed by atoms with Crippen LogP contribution in [0.25, 0.3) is 0 Å². The number of aliphatic hydroxyl groups excluding tert-OH is 1. The van der Waals surface area contributed by atoms with Gasteiger partial charge in [0.25, 0.3) is 0 Å². The number of nitrogens with one attached hydrogen (secondary N) is 2. The summed E-state index contributed by atoms with van der Waals surface area (Å²) in [6.07, 6.45) is 7.90. The molecule has 0 spiro atoms. The van der Waals surface area contributed by atoms with Gasteiger partial charge in [-0.1, -0.05) is 32.6 Å². The fraction of sp³-hybridized carbons (Fsp3) is 0.941. The van der Waals surface area contributed by atoms with Crippen LogP contribution in [0.1, 0.15) is 65.2 Å². The third kappa shape index (κ3) is 6.05. The van der Waals surface area contributed by atoms with Crippen molar-refractivity contribution >= 4 is 29.9 Å². The quantitative estimate of drug-likeness (QED) is 0.302. The van der Waals surface area contributed by atoms with Gasteiger partial charge in [0.05, 0.1) is 18.2 Å². The monoisotopic (exact) mass is 439 g/mol. The number of guanidine groups is 1. The van der Waals surface area contributed by atoms with E-state index in [0.29, 0.717) is 13.1 Å². The summed E-state index contributed by atoms with van der Waals surface area (Å²) < 4.78 is 0. The van der Waals surface area contributed by atoms with Crippen molar-refractivity contribution in [1.29, 1.82) is 0 Å². The maximum absolute atomic E-state index is 10.4. The number of aliphatic hydroxyl groups is 2. The van der Waals surface area contributed by atoms with Gasteiger partial charge in [0.2, 0.25) is 0 Å². The molecule has 4 N–H and O–H groups in total. The van der Waals surface area contributed by atoms with Crippen LogP contribution in [0.2, 0.25) is 0 Å². The number of halogens is 1. The van der Waals surface area contributed by atoms with Crippen LogP contribution in [-0.4, -0.2) is 47.5 Å². The molecule has 0 aliphatic heterocycles. The van der Waals surface area contributed by atoms with Gasteiger partial charge in [-0.05, 0) is 32.6 Å². The van der Waals surface area contributed by atoms with Gasteiger partial charge in [0, 0.05) is 18.5 Å². The summed E-state index contributed by atoms with van der Waals surface area (Å²) in [5.41, 5.74) is -0.699. The minimum Gasteiger partial charge on any atom is -0.392 e. The van der Waals surface area contributed by atoms with Crippen LogP contribution in [-0.2, 0) is 0 Å². The SMILES string of the molecule is CCNC(=NCC1(C)CCCCC1O)NCC1(O)CCCC1.I. The van der Waals surface area contributed by atoms with Crippen LogP contribution < -0.4 is 10.6 Å². The molecule has 2 rings (SSSR count). The van der Waals surface area contributed by atoms with Gasteiger partial charge in [-0.3, -0.25) is 4.99 Å². The first kappa shape index (κ1) is 21.0. The van der Waals surface area contributed by atoms with E-state index >= 15 is 0 Å². The lowest BCUT2D eigenvalue weighted by Crippen LogP contribution is -2.47. The Bertz CT molecular complexity index is 386. The Labute approximate surface area is 157 Å². The largest absolute Gasteiger partial charge is 0.392 e. The molecule has 0 aromatic carbocycles. The van der Waals surface area contributed by atoms with Crippen LogP contribution >= 0.6 is 24.0 Å². The van der Waals surface area contributed by atoms with Gasteiger partial charge in [0.1, 0.15) is 0 Å². The van der Waals surface area contributed by atoms with Crippen LogP contribution in [0.5, 0.6) is 0 Å². The highest BCUT2D eigenvalue weighted by atomic mass is 127. The summed E-state index contributed by atoms with van der Waals surface area (Å²) >= 11 is 0. The highest BCUT2D eigenvalue weighted by Gasteiger charge is 2.35. The number of nitrogens with zero attached hydrogens (tertiary/aromatic N) is 1. The average molecular weight is 439 g/mol. The average Bonchev–Trinajstić information content (AvgIpc) is 2.93. The number of aliphatic imine (C=N–C) groups is 1. The Morgan fingerprint density at radius 2 is 1.78 bits per heavy atom. The first-order valence-electron chi connectivity index (χ1n) is 8.90. The van der Waals surface area contributed by atoms with E-state index in [1.165, 1.54) is 6.42 Å². The number of hydrogen-bond acceptors (Lipinski definition) is 3. The van der Waals surface area contributed by atoms with E-state index in [1.54, 1.807) is 0 Å². The van der Waals surface area contributed by atoms with E-state index < -0.39 is 5.60 Å². The minimum absolute atomic E-state index is 0. The van der Waals surface area contributed by atoms with E-state index in [1.807, 2.05) is 6.92 Å². The predicted octanol–water partition coefficient (Wildman–Crippen LogP) is 2.41. The molecule has 6 heteroatoms. The maximum Gasteiger partial charge on any atom is 0.191 e.